The summed E-state index contributed by atoms with van der Waals surface area (Å²) in [6.45, 7) is 0.403. The number of ether oxygens (including phenoxy) is 1. The van der Waals surface area contributed by atoms with E-state index < -0.39 is 0 Å². The molecule has 136 valence electrons. The molecule has 2 aromatic rings. The van der Waals surface area contributed by atoms with Crippen LogP contribution in [0.1, 0.15) is 12.0 Å². The molecule has 3 aliphatic rings. The molecular weight excluding hydrogens is 362 g/mol. The lowest BCUT2D eigenvalue weighted by molar-refractivity contribution is -0.123. The van der Waals surface area contributed by atoms with Gasteiger partial charge in [0.05, 0.1) is 17.5 Å². The smallest absolute Gasteiger partial charge is 0.238 e. The summed E-state index contributed by atoms with van der Waals surface area (Å²) >= 11 is 5.98. The predicted molar refractivity (Wildman–Crippen MR) is 102 cm³/mol. The number of carbonyl (C=O) groups is 2. The molecule has 1 aliphatic heterocycles. The Morgan fingerprint density at radius 1 is 0.963 bits per heavy atom. The van der Waals surface area contributed by atoms with Gasteiger partial charge in [-0.05, 0) is 60.2 Å². The Balaban J connectivity index is 1.31. The van der Waals surface area contributed by atoms with Crippen molar-refractivity contribution in [1.82, 2.24) is 0 Å². The number of hydrogen-bond donors (Lipinski definition) is 0. The summed E-state index contributed by atoms with van der Waals surface area (Å²) < 4.78 is 5.78. The van der Waals surface area contributed by atoms with Gasteiger partial charge in [0.2, 0.25) is 11.8 Å². The maximum absolute atomic E-state index is 12.8. The number of allylic oxidation sites excluding steroid dienone is 2. The number of anilines is 1. The number of benzene rings is 2. The fraction of sp³-hybridized carbons (Fsp3) is 0.273. The molecule has 0 aromatic heterocycles. The van der Waals surface area contributed by atoms with Crippen molar-refractivity contribution in [3.05, 3.63) is 71.3 Å². The van der Waals surface area contributed by atoms with Gasteiger partial charge in [0.1, 0.15) is 12.4 Å². The molecule has 0 N–H and O–H groups in total. The van der Waals surface area contributed by atoms with Crippen LogP contribution in [0.3, 0.4) is 0 Å². The van der Waals surface area contributed by atoms with Gasteiger partial charge in [0.15, 0.2) is 0 Å². The maximum Gasteiger partial charge on any atom is 0.238 e. The van der Waals surface area contributed by atoms with Crippen LogP contribution in [0.2, 0.25) is 5.02 Å². The lowest BCUT2D eigenvalue weighted by Gasteiger charge is -2.17. The lowest BCUT2D eigenvalue weighted by atomic mass is 9.85. The van der Waals surface area contributed by atoms with Gasteiger partial charge in [-0.3, -0.25) is 14.5 Å². The molecule has 2 bridgehead atoms. The van der Waals surface area contributed by atoms with Crippen LogP contribution in [0.15, 0.2) is 60.7 Å². The Kier molecular flexibility index (Phi) is 3.83. The second-order valence-electron chi connectivity index (χ2n) is 7.42. The molecule has 2 amide bonds. The van der Waals surface area contributed by atoms with E-state index in [0.717, 1.165) is 12.0 Å². The number of hydrogen-bond acceptors (Lipinski definition) is 3. The molecule has 5 rings (SSSR count). The average Bonchev–Trinajstić information content (AvgIpc) is 3.35. The Hall–Kier alpha value is -2.59. The summed E-state index contributed by atoms with van der Waals surface area (Å²) in [5.41, 5.74) is 1.60. The minimum absolute atomic E-state index is 0.0607. The van der Waals surface area contributed by atoms with E-state index in [1.165, 1.54) is 4.90 Å². The van der Waals surface area contributed by atoms with Gasteiger partial charge in [-0.2, -0.15) is 0 Å². The third-order valence-corrected chi connectivity index (χ3v) is 6.09. The largest absolute Gasteiger partial charge is 0.489 e. The van der Waals surface area contributed by atoms with Gasteiger partial charge in [-0.25, -0.2) is 0 Å². The van der Waals surface area contributed by atoms with E-state index in [1.54, 1.807) is 24.3 Å². The van der Waals surface area contributed by atoms with Gasteiger partial charge in [-0.1, -0.05) is 35.9 Å². The molecule has 1 saturated heterocycles. The molecule has 2 fully saturated rings. The third kappa shape index (κ3) is 2.67. The highest BCUT2D eigenvalue weighted by atomic mass is 35.5. The van der Waals surface area contributed by atoms with E-state index in [9.17, 15) is 9.59 Å². The first-order valence-electron chi connectivity index (χ1n) is 9.15. The van der Waals surface area contributed by atoms with Crippen molar-refractivity contribution >= 4 is 29.1 Å². The summed E-state index contributed by atoms with van der Waals surface area (Å²) in [6.07, 6.45) is 5.15. The van der Waals surface area contributed by atoms with E-state index >= 15 is 0 Å². The molecule has 1 saturated carbocycles. The molecule has 4 nitrogen and oxygen atoms in total. The molecule has 5 heteroatoms. The second-order valence-corrected chi connectivity index (χ2v) is 7.86. The first kappa shape index (κ1) is 16.6. The third-order valence-electron chi connectivity index (χ3n) is 5.86. The first-order valence-corrected chi connectivity index (χ1v) is 9.53. The Labute approximate surface area is 162 Å². The Morgan fingerprint density at radius 2 is 1.63 bits per heavy atom. The lowest BCUT2D eigenvalue weighted by Crippen LogP contribution is -2.32. The van der Waals surface area contributed by atoms with E-state index in [-0.39, 0.29) is 35.5 Å². The van der Waals surface area contributed by atoms with Crippen molar-refractivity contribution in [2.24, 2.45) is 23.7 Å². The number of amides is 2. The minimum atomic E-state index is -0.175. The number of imide groups is 1. The van der Waals surface area contributed by atoms with Crippen LogP contribution >= 0.6 is 11.6 Å². The van der Waals surface area contributed by atoms with Crippen molar-refractivity contribution in [3.8, 4) is 5.75 Å². The zero-order valence-electron chi connectivity index (χ0n) is 14.5. The van der Waals surface area contributed by atoms with Crippen LogP contribution in [0, 0.1) is 23.7 Å². The van der Waals surface area contributed by atoms with Gasteiger partial charge in [-0.15, -0.1) is 0 Å². The van der Waals surface area contributed by atoms with Gasteiger partial charge in [0, 0.05) is 5.02 Å². The van der Waals surface area contributed by atoms with E-state index in [2.05, 4.69) is 12.2 Å². The number of nitrogens with zero attached hydrogens (tertiary/aromatic N) is 1. The quantitative estimate of drug-likeness (QED) is 0.590. The topological polar surface area (TPSA) is 46.6 Å². The molecule has 0 unspecified atom stereocenters. The molecule has 0 spiro atoms. The van der Waals surface area contributed by atoms with Crippen LogP contribution in [0.4, 0.5) is 5.69 Å². The normalized spacial score (nSPS) is 28.1. The van der Waals surface area contributed by atoms with Gasteiger partial charge >= 0.3 is 0 Å². The van der Waals surface area contributed by atoms with Crippen molar-refractivity contribution in [2.75, 3.05) is 4.90 Å². The highest BCUT2D eigenvalue weighted by Gasteiger charge is 2.59. The molecule has 1 heterocycles. The van der Waals surface area contributed by atoms with E-state index in [1.807, 2.05) is 24.3 Å². The van der Waals surface area contributed by atoms with Gasteiger partial charge < -0.3 is 4.74 Å². The van der Waals surface area contributed by atoms with Crippen LogP contribution in [0.25, 0.3) is 0 Å². The van der Waals surface area contributed by atoms with Crippen molar-refractivity contribution in [2.45, 2.75) is 13.0 Å². The second kappa shape index (κ2) is 6.24. The summed E-state index contributed by atoms with van der Waals surface area (Å²) in [7, 11) is 0. The van der Waals surface area contributed by atoms with Crippen LogP contribution in [0.5, 0.6) is 5.75 Å². The first-order chi connectivity index (χ1) is 13.1. The minimum Gasteiger partial charge on any atom is -0.489 e. The van der Waals surface area contributed by atoms with Crippen molar-refractivity contribution in [1.29, 1.82) is 0 Å². The maximum atomic E-state index is 12.8. The summed E-state index contributed by atoms with van der Waals surface area (Å²) in [5.74, 6) is 0.657. The standard InChI is InChI=1S/C22H18ClNO3/c23-16-3-1-2-13(10-16)12-27-18-8-6-17(7-9-18)24-21(25)19-14-4-5-15(11-14)20(19)22(24)26/h1-10,14-15,19-20H,11-12H2/t14-,15-,19+,20+/m0/s1. The van der Waals surface area contributed by atoms with E-state index in [4.69, 9.17) is 16.3 Å². The predicted octanol–water partition coefficient (Wildman–Crippen LogP) is 4.23. The molecule has 0 radical (unpaired) electrons. The SMILES string of the molecule is O=C1[C@H]2[C@H](C(=O)N1c1ccc(OCc3cccc(Cl)c3)cc1)[C@H]1C=C[C@H]2C1. The average molecular weight is 380 g/mol. The highest BCUT2D eigenvalue weighted by Crippen LogP contribution is 2.53. The van der Waals surface area contributed by atoms with E-state index in [0.29, 0.717) is 23.1 Å². The van der Waals surface area contributed by atoms with Crippen molar-refractivity contribution in [3.63, 3.8) is 0 Å². The molecular formula is C22H18ClNO3. The van der Waals surface area contributed by atoms with Crippen molar-refractivity contribution < 1.29 is 14.3 Å². The summed E-state index contributed by atoms with van der Waals surface area (Å²) in [5, 5.41) is 0.673. The molecule has 2 aliphatic carbocycles. The number of carbonyl (C=O) groups excluding carboxylic acids is 2. The Morgan fingerprint density at radius 3 is 2.26 bits per heavy atom. The van der Waals surface area contributed by atoms with Crippen LogP contribution in [-0.2, 0) is 16.2 Å². The van der Waals surface area contributed by atoms with Crippen LogP contribution < -0.4 is 9.64 Å². The highest BCUT2D eigenvalue weighted by molar-refractivity contribution is 6.30. The molecule has 2 aromatic carbocycles. The fourth-order valence-corrected chi connectivity index (χ4v) is 4.85. The number of halogens is 1. The summed E-state index contributed by atoms with van der Waals surface area (Å²) in [6, 6.07) is 14.7. The molecule has 4 atom stereocenters. The summed E-state index contributed by atoms with van der Waals surface area (Å²) in [4.78, 5) is 27.0. The monoisotopic (exact) mass is 379 g/mol. The zero-order chi connectivity index (χ0) is 18.5. The van der Waals surface area contributed by atoms with Gasteiger partial charge in [0.25, 0.3) is 0 Å². The molecule has 27 heavy (non-hydrogen) atoms. The number of fused-ring (bicyclic) bond motifs is 5. The fourth-order valence-electron chi connectivity index (χ4n) is 4.64. The number of rotatable bonds is 4. The zero-order valence-corrected chi connectivity index (χ0v) is 15.3. The Bertz CT molecular complexity index is 922. The van der Waals surface area contributed by atoms with Crippen LogP contribution in [-0.4, -0.2) is 11.8 Å².